The highest BCUT2D eigenvalue weighted by Crippen LogP contribution is 2.30. The lowest BCUT2D eigenvalue weighted by Gasteiger charge is -2.07. The van der Waals surface area contributed by atoms with Crippen LogP contribution in [0.1, 0.15) is 0 Å². The number of rotatable bonds is 1. The van der Waals surface area contributed by atoms with Gasteiger partial charge < -0.3 is 0 Å². The SMILES string of the molecule is Clc1ccc(-c2ccccc2I)c(I)c1. The summed E-state index contributed by atoms with van der Waals surface area (Å²) in [6, 6.07) is 14.3. The third-order valence-electron chi connectivity index (χ3n) is 2.10. The summed E-state index contributed by atoms with van der Waals surface area (Å²) in [5.74, 6) is 0. The molecule has 76 valence electrons. The van der Waals surface area contributed by atoms with E-state index in [1.54, 1.807) is 0 Å². The van der Waals surface area contributed by atoms with Crippen molar-refractivity contribution in [1.29, 1.82) is 0 Å². The van der Waals surface area contributed by atoms with Crippen molar-refractivity contribution in [3.63, 3.8) is 0 Å². The monoisotopic (exact) mass is 440 g/mol. The molecular formula is C12H7ClI2. The van der Waals surface area contributed by atoms with E-state index < -0.39 is 0 Å². The molecule has 0 bridgehead atoms. The third kappa shape index (κ3) is 2.65. The quantitative estimate of drug-likeness (QED) is 0.534. The molecule has 0 amide bonds. The maximum absolute atomic E-state index is 5.94. The van der Waals surface area contributed by atoms with Gasteiger partial charge in [-0.3, -0.25) is 0 Å². The smallest absolute Gasteiger partial charge is 0.0416 e. The molecule has 0 heterocycles. The third-order valence-corrected chi connectivity index (χ3v) is 4.16. The van der Waals surface area contributed by atoms with Crippen LogP contribution in [0.15, 0.2) is 42.5 Å². The Hall–Kier alpha value is 0.190. The Labute approximate surface area is 121 Å². The van der Waals surface area contributed by atoms with Gasteiger partial charge in [-0.25, -0.2) is 0 Å². The van der Waals surface area contributed by atoms with Gasteiger partial charge in [-0.15, -0.1) is 0 Å². The summed E-state index contributed by atoms with van der Waals surface area (Å²) in [5.41, 5.74) is 2.50. The molecule has 0 aliphatic carbocycles. The maximum atomic E-state index is 5.94. The van der Waals surface area contributed by atoms with Gasteiger partial charge in [0.05, 0.1) is 0 Å². The summed E-state index contributed by atoms with van der Waals surface area (Å²) in [6.45, 7) is 0. The number of halogens is 3. The molecule has 0 spiro atoms. The topological polar surface area (TPSA) is 0 Å². The predicted molar refractivity (Wildman–Crippen MR) is 82.3 cm³/mol. The lowest BCUT2D eigenvalue weighted by molar-refractivity contribution is 1.55. The van der Waals surface area contributed by atoms with Gasteiger partial charge in [0, 0.05) is 12.2 Å². The zero-order chi connectivity index (χ0) is 10.8. The molecule has 0 aliphatic heterocycles. The molecule has 0 N–H and O–H groups in total. The highest BCUT2D eigenvalue weighted by molar-refractivity contribution is 14.1. The van der Waals surface area contributed by atoms with E-state index in [-0.39, 0.29) is 0 Å². The van der Waals surface area contributed by atoms with Crippen LogP contribution in [0.5, 0.6) is 0 Å². The zero-order valence-corrected chi connectivity index (χ0v) is 12.7. The van der Waals surface area contributed by atoms with Crippen molar-refractivity contribution >= 4 is 56.8 Å². The Morgan fingerprint density at radius 1 is 0.800 bits per heavy atom. The first-order chi connectivity index (χ1) is 7.18. The van der Waals surface area contributed by atoms with Gasteiger partial charge in [-0.1, -0.05) is 35.9 Å². The molecule has 15 heavy (non-hydrogen) atoms. The molecule has 0 nitrogen and oxygen atoms in total. The average Bonchev–Trinajstić information content (AvgIpc) is 2.20. The Morgan fingerprint density at radius 2 is 1.47 bits per heavy atom. The van der Waals surface area contributed by atoms with Crippen molar-refractivity contribution in [2.75, 3.05) is 0 Å². The Kier molecular flexibility index (Phi) is 3.90. The Morgan fingerprint density at radius 3 is 2.13 bits per heavy atom. The molecule has 2 aromatic carbocycles. The normalized spacial score (nSPS) is 10.3. The number of benzene rings is 2. The number of hydrogen-bond acceptors (Lipinski definition) is 0. The summed E-state index contributed by atoms with van der Waals surface area (Å²) in [4.78, 5) is 0. The molecule has 2 aromatic rings. The first kappa shape index (κ1) is 11.7. The van der Waals surface area contributed by atoms with E-state index in [2.05, 4.69) is 69.4 Å². The van der Waals surface area contributed by atoms with Crippen LogP contribution < -0.4 is 0 Å². The van der Waals surface area contributed by atoms with Crippen LogP contribution in [-0.4, -0.2) is 0 Å². The summed E-state index contributed by atoms with van der Waals surface area (Å²) in [5, 5.41) is 0.786. The second kappa shape index (κ2) is 5.01. The van der Waals surface area contributed by atoms with E-state index in [1.807, 2.05) is 18.2 Å². The Bertz CT molecular complexity index is 495. The summed E-state index contributed by atoms with van der Waals surface area (Å²) in [7, 11) is 0. The standard InChI is InChI=1S/C12H7ClI2/c13-8-5-6-10(12(15)7-8)9-3-1-2-4-11(9)14/h1-7H. The highest BCUT2D eigenvalue weighted by Gasteiger charge is 2.06. The Balaban J connectivity index is 2.60. The molecule has 2 rings (SSSR count). The summed E-state index contributed by atoms with van der Waals surface area (Å²) < 4.78 is 2.44. The van der Waals surface area contributed by atoms with Gasteiger partial charge in [0.15, 0.2) is 0 Å². The molecule has 0 saturated heterocycles. The van der Waals surface area contributed by atoms with Gasteiger partial charge in [0.25, 0.3) is 0 Å². The van der Waals surface area contributed by atoms with Crippen LogP contribution in [-0.2, 0) is 0 Å². The lowest BCUT2D eigenvalue weighted by atomic mass is 10.1. The van der Waals surface area contributed by atoms with E-state index in [0.717, 1.165) is 5.02 Å². The van der Waals surface area contributed by atoms with Crippen LogP contribution in [0.3, 0.4) is 0 Å². The highest BCUT2D eigenvalue weighted by atomic mass is 127. The number of hydrogen-bond donors (Lipinski definition) is 0. The molecule has 0 aliphatic rings. The first-order valence-corrected chi connectivity index (χ1v) is 6.92. The molecular weight excluding hydrogens is 433 g/mol. The van der Waals surface area contributed by atoms with E-state index in [4.69, 9.17) is 11.6 Å². The van der Waals surface area contributed by atoms with Crippen molar-refractivity contribution < 1.29 is 0 Å². The van der Waals surface area contributed by atoms with Crippen molar-refractivity contribution in [2.45, 2.75) is 0 Å². The molecule has 0 saturated carbocycles. The molecule has 0 unspecified atom stereocenters. The van der Waals surface area contributed by atoms with E-state index in [1.165, 1.54) is 18.3 Å². The minimum Gasteiger partial charge on any atom is -0.0843 e. The molecule has 0 atom stereocenters. The van der Waals surface area contributed by atoms with Crippen molar-refractivity contribution in [3.05, 3.63) is 54.6 Å². The second-order valence-electron chi connectivity index (χ2n) is 3.10. The van der Waals surface area contributed by atoms with Gasteiger partial charge in [0.2, 0.25) is 0 Å². The van der Waals surface area contributed by atoms with Crippen LogP contribution in [0, 0.1) is 7.14 Å². The first-order valence-electron chi connectivity index (χ1n) is 4.38. The van der Waals surface area contributed by atoms with Gasteiger partial charge in [-0.2, -0.15) is 0 Å². The fraction of sp³-hybridized carbons (Fsp3) is 0. The second-order valence-corrected chi connectivity index (χ2v) is 5.86. The van der Waals surface area contributed by atoms with Crippen LogP contribution in [0.2, 0.25) is 5.02 Å². The largest absolute Gasteiger partial charge is 0.0843 e. The summed E-state index contributed by atoms with van der Waals surface area (Å²) in [6.07, 6.45) is 0. The minimum atomic E-state index is 0.786. The van der Waals surface area contributed by atoms with E-state index >= 15 is 0 Å². The van der Waals surface area contributed by atoms with E-state index in [0.29, 0.717) is 0 Å². The maximum Gasteiger partial charge on any atom is 0.0416 e. The van der Waals surface area contributed by atoms with Crippen LogP contribution >= 0.6 is 56.8 Å². The summed E-state index contributed by atoms with van der Waals surface area (Å²) >= 11 is 10.6. The minimum absolute atomic E-state index is 0.786. The fourth-order valence-electron chi connectivity index (χ4n) is 1.39. The fourth-order valence-corrected chi connectivity index (χ4v) is 3.23. The van der Waals surface area contributed by atoms with Gasteiger partial charge >= 0.3 is 0 Å². The zero-order valence-electron chi connectivity index (χ0n) is 7.68. The van der Waals surface area contributed by atoms with Crippen molar-refractivity contribution in [1.82, 2.24) is 0 Å². The molecule has 3 heteroatoms. The average molecular weight is 440 g/mol. The van der Waals surface area contributed by atoms with Crippen LogP contribution in [0.25, 0.3) is 11.1 Å². The molecule has 0 radical (unpaired) electrons. The molecule has 0 aromatic heterocycles. The van der Waals surface area contributed by atoms with Gasteiger partial charge in [0.1, 0.15) is 0 Å². The van der Waals surface area contributed by atoms with Crippen molar-refractivity contribution in [3.8, 4) is 11.1 Å². The van der Waals surface area contributed by atoms with E-state index in [9.17, 15) is 0 Å². The van der Waals surface area contributed by atoms with Crippen molar-refractivity contribution in [2.24, 2.45) is 0 Å². The van der Waals surface area contributed by atoms with Crippen LogP contribution in [0.4, 0.5) is 0 Å². The molecule has 0 fully saturated rings. The predicted octanol–water partition coefficient (Wildman–Crippen LogP) is 5.22. The lowest BCUT2D eigenvalue weighted by Crippen LogP contribution is -1.85. The van der Waals surface area contributed by atoms with Gasteiger partial charge in [-0.05, 0) is 74.5 Å².